The standard InChI is InChI=1S/C12H14OS/c13-11-8-4-5-9-12(11)14-10-6-2-1-3-7-10/h1-4,6-8,11-13H,5,9H2/t11-,12-/m1/s1. The lowest BCUT2D eigenvalue weighted by Gasteiger charge is -2.22. The van der Waals surface area contributed by atoms with Gasteiger partial charge in [-0.3, -0.25) is 0 Å². The van der Waals surface area contributed by atoms with Gasteiger partial charge in [0.15, 0.2) is 0 Å². The SMILES string of the molecule is O[C@@H]1C=CCC[C@H]1Sc1ccccc1. The molecule has 0 bridgehead atoms. The number of rotatable bonds is 2. The molecule has 0 fully saturated rings. The molecule has 1 aromatic rings. The normalized spacial score (nSPS) is 26.4. The summed E-state index contributed by atoms with van der Waals surface area (Å²) in [6.07, 6.45) is 5.84. The molecule has 74 valence electrons. The zero-order valence-corrected chi connectivity index (χ0v) is 8.78. The summed E-state index contributed by atoms with van der Waals surface area (Å²) >= 11 is 1.77. The Labute approximate surface area is 88.8 Å². The summed E-state index contributed by atoms with van der Waals surface area (Å²) in [7, 11) is 0. The highest BCUT2D eigenvalue weighted by Crippen LogP contribution is 2.30. The molecule has 1 N–H and O–H groups in total. The van der Waals surface area contributed by atoms with Crippen molar-refractivity contribution in [3.63, 3.8) is 0 Å². The van der Waals surface area contributed by atoms with Crippen LogP contribution < -0.4 is 0 Å². The highest BCUT2D eigenvalue weighted by atomic mass is 32.2. The fourth-order valence-corrected chi connectivity index (χ4v) is 2.74. The van der Waals surface area contributed by atoms with Gasteiger partial charge in [-0.15, -0.1) is 11.8 Å². The molecule has 1 aliphatic rings. The van der Waals surface area contributed by atoms with Crippen molar-refractivity contribution >= 4 is 11.8 Å². The van der Waals surface area contributed by atoms with Gasteiger partial charge in [-0.05, 0) is 25.0 Å². The smallest absolute Gasteiger partial charge is 0.0843 e. The molecule has 0 saturated carbocycles. The first kappa shape index (κ1) is 9.81. The van der Waals surface area contributed by atoms with Gasteiger partial charge in [-0.25, -0.2) is 0 Å². The fraction of sp³-hybridized carbons (Fsp3) is 0.333. The van der Waals surface area contributed by atoms with E-state index in [0.29, 0.717) is 5.25 Å². The van der Waals surface area contributed by atoms with Gasteiger partial charge in [0.2, 0.25) is 0 Å². The average Bonchev–Trinajstić information content (AvgIpc) is 2.23. The third-order valence-electron chi connectivity index (χ3n) is 2.36. The van der Waals surface area contributed by atoms with Gasteiger partial charge in [0.05, 0.1) is 6.10 Å². The van der Waals surface area contributed by atoms with Crippen molar-refractivity contribution in [2.45, 2.75) is 29.1 Å². The first-order chi connectivity index (χ1) is 6.86. The molecule has 2 atom stereocenters. The van der Waals surface area contributed by atoms with E-state index in [9.17, 15) is 5.11 Å². The number of allylic oxidation sites excluding steroid dienone is 1. The molecule has 2 rings (SSSR count). The fourth-order valence-electron chi connectivity index (χ4n) is 1.59. The van der Waals surface area contributed by atoms with Crippen LogP contribution in [-0.4, -0.2) is 16.5 Å². The third kappa shape index (κ3) is 2.40. The van der Waals surface area contributed by atoms with E-state index < -0.39 is 0 Å². The minimum absolute atomic E-state index is 0.283. The van der Waals surface area contributed by atoms with Gasteiger partial charge < -0.3 is 5.11 Å². The maximum atomic E-state index is 9.72. The molecule has 0 aromatic heterocycles. The summed E-state index contributed by atoms with van der Waals surface area (Å²) in [5.74, 6) is 0. The van der Waals surface area contributed by atoms with Crippen LogP contribution in [0, 0.1) is 0 Å². The Bertz CT molecular complexity index is 307. The Hall–Kier alpha value is -0.730. The lowest BCUT2D eigenvalue weighted by atomic mass is 10.1. The zero-order chi connectivity index (χ0) is 9.80. The van der Waals surface area contributed by atoms with E-state index in [0.717, 1.165) is 12.8 Å². The van der Waals surface area contributed by atoms with Gasteiger partial charge in [-0.1, -0.05) is 30.4 Å². The molecule has 1 nitrogen and oxygen atoms in total. The van der Waals surface area contributed by atoms with E-state index >= 15 is 0 Å². The van der Waals surface area contributed by atoms with Gasteiger partial charge >= 0.3 is 0 Å². The summed E-state index contributed by atoms with van der Waals surface area (Å²) in [4.78, 5) is 1.24. The monoisotopic (exact) mass is 206 g/mol. The Morgan fingerprint density at radius 3 is 2.71 bits per heavy atom. The van der Waals surface area contributed by atoms with Gasteiger partial charge in [-0.2, -0.15) is 0 Å². The summed E-state index contributed by atoms with van der Waals surface area (Å²) in [5.41, 5.74) is 0. The minimum Gasteiger partial charge on any atom is -0.388 e. The summed E-state index contributed by atoms with van der Waals surface area (Å²) in [6.45, 7) is 0. The minimum atomic E-state index is -0.283. The molecule has 0 unspecified atom stereocenters. The van der Waals surface area contributed by atoms with Gasteiger partial charge in [0, 0.05) is 10.1 Å². The molecule has 0 spiro atoms. The van der Waals surface area contributed by atoms with Crippen molar-refractivity contribution < 1.29 is 5.11 Å². The van der Waals surface area contributed by atoms with Gasteiger partial charge in [0.25, 0.3) is 0 Å². The maximum Gasteiger partial charge on any atom is 0.0843 e. The van der Waals surface area contributed by atoms with Gasteiger partial charge in [0.1, 0.15) is 0 Å². The van der Waals surface area contributed by atoms with Crippen molar-refractivity contribution in [1.29, 1.82) is 0 Å². The third-order valence-corrected chi connectivity index (χ3v) is 3.72. The van der Waals surface area contributed by atoms with Crippen LogP contribution in [0.1, 0.15) is 12.8 Å². The van der Waals surface area contributed by atoms with E-state index in [1.807, 2.05) is 24.3 Å². The first-order valence-corrected chi connectivity index (χ1v) is 5.80. The highest BCUT2D eigenvalue weighted by molar-refractivity contribution is 8.00. The highest BCUT2D eigenvalue weighted by Gasteiger charge is 2.19. The van der Waals surface area contributed by atoms with Crippen molar-refractivity contribution in [3.05, 3.63) is 42.5 Å². The van der Waals surface area contributed by atoms with E-state index in [-0.39, 0.29) is 6.10 Å². The summed E-state index contributed by atoms with van der Waals surface area (Å²) < 4.78 is 0. The first-order valence-electron chi connectivity index (χ1n) is 4.93. The van der Waals surface area contributed by atoms with Crippen LogP contribution in [-0.2, 0) is 0 Å². The molecular weight excluding hydrogens is 192 g/mol. The molecule has 1 aliphatic carbocycles. The number of aliphatic hydroxyl groups is 1. The van der Waals surface area contributed by atoms with Crippen LogP contribution in [0.2, 0.25) is 0 Å². The second-order valence-electron chi connectivity index (χ2n) is 3.47. The molecule has 14 heavy (non-hydrogen) atoms. The molecular formula is C12H14OS. The number of hydrogen-bond donors (Lipinski definition) is 1. The summed E-state index contributed by atoms with van der Waals surface area (Å²) in [5, 5.41) is 10.0. The Kier molecular flexibility index (Phi) is 3.27. The molecule has 1 aromatic carbocycles. The van der Waals surface area contributed by atoms with Crippen LogP contribution in [0.25, 0.3) is 0 Å². The number of benzene rings is 1. The quantitative estimate of drug-likeness (QED) is 0.751. The van der Waals surface area contributed by atoms with Crippen molar-refractivity contribution in [3.8, 4) is 0 Å². The average molecular weight is 206 g/mol. The van der Waals surface area contributed by atoms with E-state index in [2.05, 4.69) is 18.2 Å². The van der Waals surface area contributed by atoms with Crippen molar-refractivity contribution in [2.24, 2.45) is 0 Å². The lowest BCUT2D eigenvalue weighted by Crippen LogP contribution is -2.23. The zero-order valence-electron chi connectivity index (χ0n) is 7.97. The lowest BCUT2D eigenvalue weighted by molar-refractivity contribution is 0.211. The van der Waals surface area contributed by atoms with E-state index in [1.165, 1.54) is 4.90 Å². The Morgan fingerprint density at radius 2 is 2.00 bits per heavy atom. The molecule has 0 aliphatic heterocycles. The molecule has 0 heterocycles. The van der Waals surface area contributed by atoms with Crippen molar-refractivity contribution in [2.75, 3.05) is 0 Å². The van der Waals surface area contributed by atoms with Crippen LogP contribution >= 0.6 is 11.8 Å². The topological polar surface area (TPSA) is 20.2 Å². The van der Waals surface area contributed by atoms with E-state index in [4.69, 9.17) is 0 Å². The predicted octanol–water partition coefficient (Wildman–Crippen LogP) is 2.86. The number of thioether (sulfide) groups is 1. The second kappa shape index (κ2) is 4.67. The number of hydrogen-bond acceptors (Lipinski definition) is 2. The summed E-state index contributed by atoms with van der Waals surface area (Å²) in [6, 6.07) is 10.3. The molecule has 2 heteroatoms. The number of aliphatic hydroxyl groups excluding tert-OH is 1. The van der Waals surface area contributed by atoms with Crippen LogP contribution in [0.3, 0.4) is 0 Å². The Morgan fingerprint density at radius 1 is 1.21 bits per heavy atom. The van der Waals surface area contributed by atoms with Crippen LogP contribution in [0.4, 0.5) is 0 Å². The molecule has 0 amide bonds. The van der Waals surface area contributed by atoms with Crippen LogP contribution in [0.15, 0.2) is 47.4 Å². The predicted molar refractivity (Wildman–Crippen MR) is 60.5 cm³/mol. The maximum absolute atomic E-state index is 9.72. The Balaban J connectivity index is 2.01. The molecule has 0 saturated heterocycles. The molecule has 0 radical (unpaired) electrons. The van der Waals surface area contributed by atoms with E-state index in [1.54, 1.807) is 11.8 Å². The van der Waals surface area contributed by atoms with Crippen molar-refractivity contribution in [1.82, 2.24) is 0 Å². The largest absolute Gasteiger partial charge is 0.388 e. The second-order valence-corrected chi connectivity index (χ2v) is 4.78. The van der Waals surface area contributed by atoms with Crippen LogP contribution in [0.5, 0.6) is 0 Å².